The summed E-state index contributed by atoms with van der Waals surface area (Å²) in [6.45, 7) is 7.11. The van der Waals surface area contributed by atoms with Crippen LogP contribution in [0.15, 0.2) is 15.5 Å². The van der Waals surface area contributed by atoms with Crippen molar-refractivity contribution in [3.8, 4) is 0 Å². The molecule has 2 N–H and O–H groups in total. The summed E-state index contributed by atoms with van der Waals surface area (Å²) in [5.41, 5.74) is 0.476. The molecule has 1 heterocycles. The van der Waals surface area contributed by atoms with Crippen LogP contribution in [-0.2, 0) is 6.54 Å². The average molecular weight is 332 g/mol. The van der Waals surface area contributed by atoms with Gasteiger partial charge in [0.25, 0.3) is 5.56 Å². The molecular weight excluding hydrogens is 310 g/mol. The van der Waals surface area contributed by atoms with Crippen molar-refractivity contribution < 1.29 is 5.11 Å². The van der Waals surface area contributed by atoms with Gasteiger partial charge in [0.15, 0.2) is 0 Å². The van der Waals surface area contributed by atoms with E-state index >= 15 is 0 Å². The van der Waals surface area contributed by atoms with Gasteiger partial charge in [-0.3, -0.25) is 4.79 Å². The van der Waals surface area contributed by atoms with Gasteiger partial charge in [0.05, 0.1) is 18.0 Å². The number of aromatic nitrogens is 2. The third-order valence-electron chi connectivity index (χ3n) is 2.67. The maximum atomic E-state index is 12.0. The minimum atomic E-state index is -0.407. The molecule has 1 unspecified atom stereocenters. The maximum absolute atomic E-state index is 12.0. The number of hydrogen-bond acceptors (Lipinski definition) is 4. The van der Waals surface area contributed by atoms with Crippen LogP contribution in [0.1, 0.15) is 33.6 Å². The third kappa shape index (κ3) is 4.95. The quantitative estimate of drug-likeness (QED) is 0.804. The molecule has 0 aliphatic carbocycles. The van der Waals surface area contributed by atoms with E-state index in [1.165, 1.54) is 4.68 Å². The van der Waals surface area contributed by atoms with Crippen LogP contribution in [0.2, 0.25) is 0 Å². The number of nitrogens with one attached hydrogen (secondary N) is 1. The van der Waals surface area contributed by atoms with Crippen molar-refractivity contribution >= 4 is 21.6 Å². The summed E-state index contributed by atoms with van der Waals surface area (Å²) in [4.78, 5) is 12.0. The zero-order valence-electron chi connectivity index (χ0n) is 11.7. The predicted octanol–water partition coefficient (Wildman–Crippen LogP) is 2.23. The minimum absolute atomic E-state index is 0.149. The van der Waals surface area contributed by atoms with Gasteiger partial charge in [-0.1, -0.05) is 27.2 Å². The zero-order valence-corrected chi connectivity index (χ0v) is 13.3. The van der Waals surface area contributed by atoms with Crippen LogP contribution in [0.3, 0.4) is 0 Å². The highest BCUT2D eigenvalue weighted by atomic mass is 79.9. The molecule has 0 fully saturated rings. The normalized spacial score (nSPS) is 12.7. The van der Waals surface area contributed by atoms with Crippen LogP contribution >= 0.6 is 15.9 Å². The van der Waals surface area contributed by atoms with Gasteiger partial charge in [-0.05, 0) is 28.3 Å². The average Bonchev–Trinajstić information content (AvgIpc) is 2.34. The van der Waals surface area contributed by atoms with Crippen molar-refractivity contribution in [3.63, 3.8) is 0 Å². The second kappa shape index (κ2) is 7.65. The molecule has 0 amide bonds. The number of hydrogen-bond donors (Lipinski definition) is 2. The lowest BCUT2D eigenvalue weighted by Gasteiger charge is -2.14. The highest BCUT2D eigenvalue weighted by molar-refractivity contribution is 9.10. The van der Waals surface area contributed by atoms with Crippen LogP contribution in [0.5, 0.6) is 0 Å². The molecule has 6 heteroatoms. The number of aliphatic hydroxyl groups is 1. The number of halogens is 1. The highest BCUT2D eigenvalue weighted by Crippen LogP contribution is 2.16. The molecule has 0 spiro atoms. The van der Waals surface area contributed by atoms with E-state index in [1.807, 2.05) is 20.8 Å². The third-order valence-corrected chi connectivity index (χ3v) is 3.44. The first-order chi connectivity index (χ1) is 8.95. The molecule has 1 aromatic rings. The SMILES string of the molecule is CCCC(O)CNc1cnn(CC(C)C)c(=O)c1Br. The van der Waals surface area contributed by atoms with E-state index in [9.17, 15) is 9.90 Å². The molecule has 0 bridgehead atoms. The summed E-state index contributed by atoms with van der Waals surface area (Å²) in [5.74, 6) is 0.363. The largest absolute Gasteiger partial charge is 0.391 e. The summed E-state index contributed by atoms with van der Waals surface area (Å²) in [6.07, 6.45) is 2.88. The number of aliphatic hydroxyl groups excluding tert-OH is 1. The second-order valence-electron chi connectivity index (χ2n) is 5.08. The van der Waals surface area contributed by atoms with E-state index in [2.05, 4.69) is 26.3 Å². The van der Waals surface area contributed by atoms with E-state index in [0.717, 1.165) is 12.8 Å². The van der Waals surface area contributed by atoms with Gasteiger partial charge in [0.2, 0.25) is 0 Å². The van der Waals surface area contributed by atoms with Crippen molar-refractivity contribution in [2.24, 2.45) is 5.92 Å². The summed E-state index contributed by atoms with van der Waals surface area (Å²) in [7, 11) is 0. The van der Waals surface area contributed by atoms with Crippen LogP contribution in [0.4, 0.5) is 5.69 Å². The van der Waals surface area contributed by atoms with Crippen LogP contribution in [0.25, 0.3) is 0 Å². The number of anilines is 1. The van der Waals surface area contributed by atoms with Crippen LogP contribution in [0, 0.1) is 5.92 Å². The molecule has 0 aliphatic heterocycles. The Balaban J connectivity index is 2.76. The van der Waals surface area contributed by atoms with Crippen LogP contribution in [-0.4, -0.2) is 27.5 Å². The molecule has 0 radical (unpaired) electrons. The van der Waals surface area contributed by atoms with Crippen molar-refractivity contribution in [3.05, 3.63) is 21.0 Å². The lowest BCUT2D eigenvalue weighted by molar-refractivity contribution is 0.176. The molecule has 1 atom stereocenters. The molecule has 19 heavy (non-hydrogen) atoms. The smallest absolute Gasteiger partial charge is 0.283 e. The minimum Gasteiger partial charge on any atom is -0.391 e. The topological polar surface area (TPSA) is 67.2 Å². The first-order valence-electron chi connectivity index (χ1n) is 6.63. The summed E-state index contributed by atoms with van der Waals surface area (Å²) in [6, 6.07) is 0. The highest BCUT2D eigenvalue weighted by Gasteiger charge is 2.11. The first-order valence-corrected chi connectivity index (χ1v) is 7.42. The molecule has 5 nitrogen and oxygen atoms in total. The first kappa shape index (κ1) is 16.2. The van der Waals surface area contributed by atoms with E-state index in [4.69, 9.17) is 0 Å². The molecule has 0 saturated carbocycles. The Hall–Kier alpha value is -0.880. The zero-order chi connectivity index (χ0) is 14.4. The van der Waals surface area contributed by atoms with Gasteiger partial charge < -0.3 is 10.4 Å². The van der Waals surface area contributed by atoms with Crippen molar-refractivity contribution in [1.82, 2.24) is 9.78 Å². The molecule has 0 aliphatic rings. The lowest BCUT2D eigenvalue weighted by atomic mass is 10.2. The Kier molecular flexibility index (Phi) is 6.51. The predicted molar refractivity (Wildman–Crippen MR) is 80.4 cm³/mol. The lowest BCUT2D eigenvalue weighted by Crippen LogP contribution is -2.27. The van der Waals surface area contributed by atoms with E-state index in [-0.39, 0.29) is 5.56 Å². The van der Waals surface area contributed by atoms with Crippen molar-refractivity contribution in [2.75, 3.05) is 11.9 Å². The van der Waals surface area contributed by atoms with Gasteiger partial charge in [-0.2, -0.15) is 5.10 Å². The summed E-state index contributed by atoms with van der Waals surface area (Å²) in [5, 5.41) is 16.8. The summed E-state index contributed by atoms with van der Waals surface area (Å²) >= 11 is 3.29. The number of nitrogens with zero attached hydrogens (tertiary/aromatic N) is 2. The van der Waals surface area contributed by atoms with Crippen molar-refractivity contribution in [2.45, 2.75) is 46.3 Å². The van der Waals surface area contributed by atoms with E-state index in [0.29, 0.717) is 29.2 Å². The standard InChI is InChI=1S/C13H22BrN3O2/c1-4-5-10(18)6-15-11-7-16-17(8-9(2)3)13(19)12(11)14/h7,9-10,15,18H,4-6,8H2,1-3H3. The molecular formula is C13H22BrN3O2. The van der Waals surface area contributed by atoms with E-state index < -0.39 is 6.10 Å². The Morgan fingerprint density at radius 1 is 1.53 bits per heavy atom. The van der Waals surface area contributed by atoms with Gasteiger partial charge in [0.1, 0.15) is 4.47 Å². The molecule has 0 saturated heterocycles. The molecule has 108 valence electrons. The Morgan fingerprint density at radius 3 is 2.79 bits per heavy atom. The molecule has 1 rings (SSSR count). The fraction of sp³-hybridized carbons (Fsp3) is 0.692. The fourth-order valence-corrected chi connectivity index (χ4v) is 2.17. The maximum Gasteiger partial charge on any atom is 0.283 e. The molecule has 0 aromatic carbocycles. The Morgan fingerprint density at radius 2 is 2.21 bits per heavy atom. The molecule has 1 aromatic heterocycles. The van der Waals surface area contributed by atoms with Gasteiger partial charge in [-0.15, -0.1) is 0 Å². The van der Waals surface area contributed by atoms with Crippen molar-refractivity contribution in [1.29, 1.82) is 0 Å². The monoisotopic (exact) mass is 331 g/mol. The van der Waals surface area contributed by atoms with Gasteiger partial charge in [-0.25, -0.2) is 4.68 Å². The van der Waals surface area contributed by atoms with Gasteiger partial charge >= 0.3 is 0 Å². The Bertz CT molecular complexity index is 460. The number of rotatable bonds is 7. The summed E-state index contributed by atoms with van der Waals surface area (Å²) < 4.78 is 1.91. The van der Waals surface area contributed by atoms with E-state index in [1.54, 1.807) is 6.20 Å². The fourth-order valence-electron chi connectivity index (χ4n) is 1.73. The Labute approximate surface area is 122 Å². The second-order valence-corrected chi connectivity index (χ2v) is 5.87. The van der Waals surface area contributed by atoms with Crippen LogP contribution < -0.4 is 10.9 Å². The van der Waals surface area contributed by atoms with Gasteiger partial charge in [0, 0.05) is 13.1 Å².